The number of nitrogens with one attached hydrogen (secondary N) is 1. The van der Waals surface area contributed by atoms with Crippen molar-refractivity contribution in [2.24, 2.45) is 5.73 Å². The summed E-state index contributed by atoms with van der Waals surface area (Å²) in [6, 6.07) is 6.41. The van der Waals surface area contributed by atoms with Crippen LogP contribution in [0.2, 0.25) is 0 Å². The summed E-state index contributed by atoms with van der Waals surface area (Å²) >= 11 is 0. The molecule has 10 heteroatoms. The first-order chi connectivity index (χ1) is 14.4. The molecule has 1 aliphatic rings. The van der Waals surface area contributed by atoms with Gasteiger partial charge in [0.05, 0.1) is 11.9 Å². The first-order valence-corrected chi connectivity index (χ1v) is 9.16. The summed E-state index contributed by atoms with van der Waals surface area (Å²) in [6.45, 7) is 0.161. The summed E-state index contributed by atoms with van der Waals surface area (Å²) < 4.78 is 41.9. The molecule has 4 rings (SSSR count). The van der Waals surface area contributed by atoms with Crippen molar-refractivity contribution in [1.82, 2.24) is 20.2 Å². The van der Waals surface area contributed by atoms with Crippen LogP contribution in [0, 0.1) is 11.6 Å². The molecule has 0 aliphatic heterocycles. The molecular formula is C20H17F3N6O. The van der Waals surface area contributed by atoms with E-state index in [2.05, 4.69) is 25.5 Å². The molecule has 0 bridgehead atoms. The Labute approximate surface area is 169 Å². The number of halogens is 3. The minimum Gasteiger partial charge on any atom is -0.366 e. The van der Waals surface area contributed by atoms with E-state index in [1.54, 1.807) is 0 Å². The van der Waals surface area contributed by atoms with Crippen molar-refractivity contribution in [2.75, 3.05) is 11.9 Å². The number of rotatable bonds is 6. The molecule has 0 spiro atoms. The predicted octanol–water partition coefficient (Wildman–Crippen LogP) is 2.79. The van der Waals surface area contributed by atoms with Crippen LogP contribution in [-0.2, 0) is 5.41 Å². The number of primary amides is 1. The van der Waals surface area contributed by atoms with Crippen molar-refractivity contribution in [3.05, 3.63) is 65.6 Å². The Hall–Kier alpha value is -3.56. The lowest BCUT2D eigenvalue weighted by Crippen LogP contribution is -2.49. The monoisotopic (exact) mass is 414 g/mol. The fraction of sp³-hybridized carbons (Fsp3) is 0.250. The molecule has 1 aliphatic carbocycles. The molecule has 1 amide bonds. The lowest BCUT2D eigenvalue weighted by atomic mass is 9.65. The van der Waals surface area contributed by atoms with E-state index in [1.165, 1.54) is 36.7 Å². The second-order valence-corrected chi connectivity index (χ2v) is 7.20. The van der Waals surface area contributed by atoms with Crippen LogP contribution < -0.4 is 11.1 Å². The number of anilines is 1. The molecule has 0 unspecified atom stereocenters. The fourth-order valence-corrected chi connectivity index (χ4v) is 3.59. The van der Waals surface area contributed by atoms with E-state index < -0.39 is 29.1 Å². The number of amides is 1. The summed E-state index contributed by atoms with van der Waals surface area (Å²) in [5.41, 5.74) is 4.87. The Kier molecular flexibility index (Phi) is 5.06. The summed E-state index contributed by atoms with van der Waals surface area (Å²) in [6.07, 6.45) is 1.98. The Balaban J connectivity index is 1.52. The smallest absolute Gasteiger partial charge is 0.248 e. The minimum atomic E-state index is -1.03. The number of nitrogens with zero attached hydrogens (tertiary/aromatic N) is 4. The summed E-state index contributed by atoms with van der Waals surface area (Å²) in [5.74, 6) is -1.69. The van der Waals surface area contributed by atoms with Crippen LogP contribution in [0.15, 0.2) is 42.7 Å². The highest BCUT2D eigenvalue weighted by Crippen LogP contribution is 2.45. The molecule has 154 valence electrons. The van der Waals surface area contributed by atoms with Crippen molar-refractivity contribution in [1.29, 1.82) is 0 Å². The average molecular weight is 414 g/mol. The van der Waals surface area contributed by atoms with E-state index in [9.17, 15) is 18.0 Å². The van der Waals surface area contributed by atoms with Gasteiger partial charge in [0.1, 0.15) is 23.5 Å². The van der Waals surface area contributed by atoms with Crippen molar-refractivity contribution in [2.45, 2.75) is 24.4 Å². The predicted molar refractivity (Wildman–Crippen MR) is 102 cm³/mol. The number of nitrogens with two attached hydrogens (primary N) is 1. The van der Waals surface area contributed by atoms with Crippen LogP contribution in [-0.4, -0.2) is 38.8 Å². The molecule has 2 heterocycles. The molecule has 7 nitrogen and oxygen atoms in total. The van der Waals surface area contributed by atoms with E-state index in [4.69, 9.17) is 5.73 Å². The maximum atomic E-state index is 14.2. The third-order valence-corrected chi connectivity index (χ3v) is 5.16. The van der Waals surface area contributed by atoms with E-state index >= 15 is 0 Å². The molecule has 1 saturated carbocycles. The van der Waals surface area contributed by atoms with Crippen molar-refractivity contribution < 1.29 is 18.0 Å². The highest BCUT2D eigenvalue weighted by Gasteiger charge is 2.48. The third-order valence-electron chi connectivity index (χ3n) is 5.16. The van der Waals surface area contributed by atoms with Gasteiger partial charge in [-0.15, -0.1) is 10.2 Å². The highest BCUT2D eigenvalue weighted by atomic mass is 19.1. The van der Waals surface area contributed by atoms with Gasteiger partial charge in [-0.1, -0.05) is 0 Å². The molecule has 2 aromatic heterocycles. The Morgan fingerprint density at radius 3 is 2.60 bits per heavy atom. The number of carbonyl (C=O) groups excluding carboxylic acids is 1. The van der Waals surface area contributed by atoms with Gasteiger partial charge in [0.15, 0.2) is 0 Å². The maximum Gasteiger partial charge on any atom is 0.248 e. The molecule has 0 radical (unpaired) electrons. The summed E-state index contributed by atoms with van der Waals surface area (Å²) in [4.78, 5) is 19.5. The first-order valence-electron chi connectivity index (χ1n) is 9.16. The largest absolute Gasteiger partial charge is 0.366 e. The van der Waals surface area contributed by atoms with Crippen LogP contribution in [0.4, 0.5) is 19.1 Å². The topological polar surface area (TPSA) is 107 Å². The second-order valence-electron chi connectivity index (χ2n) is 7.20. The van der Waals surface area contributed by atoms with E-state index in [0.717, 1.165) is 6.07 Å². The van der Waals surface area contributed by atoms with Crippen molar-refractivity contribution in [3.8, 4) is 11.3 Å². The highest BCUT2D eigenvalue weighted by molar-refractivity contribution is 5.94. The average Bonchev–Trinajstić information content (AvgIpc) is 2.71. The number of hydrogen-bond donors (Lipinski definition) is 2. The van der Waals surface area contributed by atoms with Crippen LogP contribution in [0.5, 0.6) is 0 Å². The van der Waals surface area contributed by atoms with Crippen LogP contribution >= 0.6 is 0 Å². The van der Waals surface area contributed by atoms with Crippen LogP contribution in [0.25, 0.3) is 11.3 Å². The van der Waals surface area contributed by atoms with Gasteiger partial charge in [0.25, 0.3) is 0 Å². The van der Waals surface area contributed by atoms with Gasteiger partial charge in [0, 0.05) is 29.3 Å². The first kappa shape index (κ1) is 19.7. The second kappa shape index (κ2) is 7.69. The number of carbonyl (C=O) groups is 1. The van der Waals surface area contributed by atoms with Gasteiger partial charge in [-0.3, -0.25) is 9.78 Å². The van der Waals surface area contributed by atoms with Crippen molar-refractivity contribution >= 4 is 11.9 Å². The molecule has 1 aromatic carbocycles. The van der Waals surface area contributed by atoms with Gasteiger partial charge < -0.3 is 11.1 Å². The van der Waals surface area contributed by atoms with E-state index in [0.29, 0.717) is 0 Å². The summed E-state index contributed by atoms with van der Waals surface area (Å²) in [5, 5.41) is 10.8. The number of aromatic nitrogens is 4. The van der Waals surface area contributed by atoms with Crippen LogP contribution in [0.1, 0.15) is 28.9 Å². The lowest BCUT2D eigenvalue weighted by molar-refractivity contribution is 0.0963. The molecule has 0 atom stereocenters. The van der Waals surface area contributed by atoms with Gasteiger partial charge >= 0.3 is 0 Å². The van der Waals surface area contributed by atoms with Gasteiger partial charge in [-0.05, 0) is 43.2 Å². The Bertz CT molecular complexity index is 1090. The zero-order valence-corrected chi connectivity index (χ0v) is 15.6. The number of hydrogen-bond acceptors (Lipinski definition) is 6. The zero-order chi connectivity index (χ0) is 21.3. The third kappa shape index (κ3) is 3.68. The van der Waals surface area contributed by atoms with Gasteiger partial charge in [0.2, 0.25) is 11.9 Å². The quantitative estimate of drug-likeness (QED) is 0.642. The Morgan fingerprint density at radius 1 is 1.17 bits per heavy atom. The molecular weight excluding hydrogens is 397 g/mol. The normalized spacial score (nSPS) is 20.4. The van der Waals surface area contributed by atoms with Crippen molar-refractivity contribution in [3.63, 3.8) is 0 Å². The zero-order valence-electron chi connectivity index (χ0n) is 15.6. The number of benzene rings is 1. The van der Waals surface area contributed by atoms with Gasteiger partial charge in [-0.2, -0.15) is 0 Å². The van der Waals surface area contributed by atoms with E-state index in [1.807, 2.05) is 0 Å². The van der Waals surface area contributed by atoms with Gasteiger partial charge in [-0.25, -0.2) is 18.2 Å². The summed E-state index contributed by atoms with van der Waals surface area (Å²) in [7, 11) is 0. The lowest BCUT2D eigenvalue weighted by Gasteiger charge is -2.43. The van der Waals surface area contributed by atoms with E-state index in [-0.39, 0.29) is 47.8 Å². The number of pyridine rings is 1. The number of alkyl halides is 1. The molecule has 3 N–H and O–H groups in total. The SMILES string of the molecule is NC(=O)c1ccc(F)c(-c2cnc(NCC3(c4ncccc4F)CC(F)C3)nn2)c1. The molecule has 1 fully saturated rings. The molecule has 30 heavy (non-hydrogen) atoms. The maximum absolute atomic E-state index is 14.2. The standard InChI is InChI=1S/C20H17F3N6O/c21-12-7-20(8-12,17-15(23)2-1-5-25-17)10-27-19-26-9-16(28-29-19)13-6-11(18(24)30)3-4-14(13)22/h1-6,9,12H,7-8,10H2,(H2,24,30)(H,26,27,29). The Morgan fingerprint density at radius 2 is 1.97 bits per heavy atom. The molecule has 0 saturated heterocycles. The van der Waals surface area contributed by atoms with Crippen LogP contribution in [0.3, 0.4) is 0 Å². The fourth-order valence-electron chi connectivity index (χ4n) is 3.59. The molecule has 3 aromatic rings. The minimum absolute atomic E-state index is 0.0316.